The van der Waals surface area contributed by atoms with Gasteiger partial charge in [0.1, 0.15) is 0 Å². The summed E-state index contributed by atoms with van der Waals surface area (Å²) >= 11 is 0. The molecule has 0 bridgehead atoms. The predicted molar refractivity (Wildman–Crippen MR) is 80.4 cm³/mol. The number of carbonyl (C=O) groups is 2. The Balaban J connectivity index is 2.22. The molecule has 1 atom stereocenters. The van der Waals surface area contributed by atoms with Gasteiger partial charge in [-0.05, 0) is 31.5 Å². The number of likely N-dealkylation sites (tertiary alicyclic amines) is 1. The van der Waals surface area contributed by atoms with Gasteiger partial charge in [0.15, 0.2) is 5.76 Å². The molecule has 1 aromatic heterocycles. The lowest BCUT2D eigenvalue weighted by atomic mass is 9.76. The molecule has 8 nitrogen and oxygen atoms in total. The van der Waals surface area contributed by atoms with Gasteiger partial charge in [-0.1, -0.05) is 13.8 Å². The smallest absolute Gasteiger partial charge is 0.311 e. The van der Waals surface area contributed by atoms with E-state index in [1.807, 2.05) is 13.8 Å². The maximum atomic E-state index is 12.4. The van der Waals surface area contributed by atoms with E-state index in [0.717, 1.165) is 0 Å². The van der Waals surface area contributed by atoms with Crippen molar-refractivity contribution in [3.05, 3.63) is 17.9 Å². The minimum Gasteiger partial charge on any atom is -0.481 e. The van der Waals surface area contributed by atoms with E-state index in [-0.39, 0.29) is 29.9 Å². The van der Waals surface area contributed by atoms with Crippen molar-refractivity contribution in [3.8, 4) is 0 Å². The van der Waals surface area contributed by atoms with Gasteiger partial charge in [-0.15, -0.1) is 0 Å². The Morgan fingerprint density at radius 2 is 2.04 bits per heavy atom. The van der Waals surface area contributed by atoms with Gasteiger partial charge in [-0.3, -0.25) is 9.59 Å². The van der Waals surface area contributed by atoms with E-state index in [4.69, 9.17) is 4.42 Å². The van der Waals surface area contributed by atoms with E-state index in [2.05, 4.69) is 4.72 Å². The summed E-state index contributed by atoms with van der Waals surface area (Å²) in [4.78, 5) is 25.4. The summed E-state index contributed by atoms with van der Waals surface area (Å²) in [6.07, 6.45) is 0.355. The van der Waals surface area contributed by atoms with Crippen LogP contribution in [0.15, 0.2) is 21.6 Å². The highest BCUT2D eigenvalue weighted by Gasteiger charge is 2.48. The van der Waals surface area contributed by atoms with Crippen molar-refractivity contribution < 1.29 is 27.5 Å². The second-order valence-electron chi connectivity index (χ2n) is 5.92. The van der Waals surface area contributed by atoms with Crippen molar-refractivity contribution in [1.82, 2.24) is 9.62 Å². The molecule has 1 saturated heterocycles. The van der Waals surface area contributed by atoms with Gasteiger partial charge in [0.2, 0.25) is 5.09 Å². The molecule has 1 aromatic rings. The highest BCUT2D eigenvalue weighted by Crippen LogP contribution is 2.38. The molecule has 128 valence electrons. The van der Waals surface area contributed by atoms with Crippen molar-refractivity contribution in [2.45, 2.75) is 25.4 Å². The van der Waals surface area contributed by atoms with Gasteiger partial charge in [-0.2, -0.15) is 0 Å². The van der Waals surface area contributed by atoms with Crippen molar-refractivity contribution in [2.75, 3.05) is 20.1 Å². The van der Waals surface area contributed by atoms with Gasteiger partial charge in [0.05, 0.1) is 5.41 Å². The number of rotatable bonds is 5. The van der Waals surface area contributed by atoms with Crippen LogP contribution in [0, 0.1) is 11.3 Å². The average molecular weight is 344 g/mol. The molecular formula is C14H20N2O6S. The number of nitrogens with one attached hydrogen (secondary N) is 1. The van der Waals surface area contributed by atoms with Crippen LogP contribution in [0.2, 0.25) is 0 Å². The van der Waals surface area contributed by atoms with Crippen LogP contribution in [-0.2, 0) is 14.8 Å². The number of sulfonamides is 1. The van der Waals surface area contributed by atoms with E-state index in [1.54, 1.807) is 0 Å². The lowest BCUT2D eigenvalue weighted by Crippen LogP contribution is -2.40. The van der Waals surface area contributed by atoms with E-state index in [9.17, 15) is 23.1 Å². The van der Waals surface area contributed by atoms with Crippen LogP contribution in [0.5, 0.6) is 0 Å². The first kappa shape index (κ1) is 17.5. The molecule has 0 aliphatic carbocycles. The number of nitrogens with zero attached hydrogens (tertiary/aromatic N) is 1. The molecule has 2 N–H and O–H groups in total. The molecule has 0 saturated carbocycles. The van der Waals surface area contributed by atoms with Crippen LogP contribution in [0.25, 0.3) is 0 Å². The topological polar surface area (TPSA) is 117 Å². The minimum atomic E-state index is -3.77. The number of carboxylic acids is 1. The molecular weight excluding hydrogens is 324 g/mol. The molecule has 9 heteroatoms. The fourth-order valence-electron chi connectivity index (χ4n) is 2.74. The second kappa shape index (κ2) is 5.97. The zero-order chi connectivity index (χ0) is 17.4. The fraction of sp³-hybridized carbons (Fsp3) is 0.571. The van der Waals surface area contributed by atoms with Crippen LogP contribution in [0.4, 0.5) is 0 Å². The van der Waals surface area contributed by atoms with Crippen molar-refractivity contribution >= 4 is 21.9 Å². The molecule has 0 spiro atoms. The Labute approximate surface area is 134 Å². The van der Waals surface area contributed by atoms with Crippen LogP contribution >= 0.6 is 0 Å². The molecule has 1 fully saturated rings. The number of carbonyl (C=O) groups excluding carboxylic acids is 1. The van der Waals surface area contributed by atoms with Gasteiger partial charge in [0, 0.05) is 13.1 Å². The summed E-state index contributed by atoms with van der Waals surface area (Å²) in [5.74, 6) is -1.69. The summed E-state index contributed by atoms with van der Waals surface area (Å²) in [5, 5.41) is 9.15. The molecule has 1 aliphatic rings. The first-order valence-electron chi connectivity index (χ1n) is 7.20. The first-order chi connectivity index (χ1) is 10.6. The molecule has 1 unspecified atom stereocenters. The molecule has 1 amide bonds. The Morgan fingerprint density at radius 1 is 1.39 bits per heavy atom. The van der Waals surface area contributed by atoms with Gasteiger partial charge < -0.3 is 14.4 Å². The zero-order valence-corrected chi connectivity index (χ0v) is 14.0. The number of amides is 1. The van der Waals surface area contributed by atoms with E-state index < -0.39 is 27.3 Å². The number of aliphatic carboxylic acids is 1. The summed E-state index contributed by atoms with van der Waals surface area (Å²) in [7, 11) is -2.53. The average Bonchev–Trinajstić information content (AvgIpc) is 3.14. The van der Waals surface area contributed by atoms with Crippen LogP contribution < -0.4 is 4.72 Å². The minimum absolute atomic E-state index is 0.0770. The molecule has 2 heterocycles. The van der Waals surface area contributed by atoms with Gasteiger partial charge >= 0.3 is 5.97 Å². The summed E-state index contributed by atoms with van der Waals surface area (Å²) in [6.45, 7) is 3.99. The summed E-state index contributed by atoms with van der Waals surface area (Å²) < 4.78 is 30.5. The van der Waals surface area contributed by atoms with E-state index in [1.165, 1.54) is 24.1 Å². The number of carboxylic acid groups (broad SMARTS) is 1. The largest absolute Gasteiger partial charge is 0.481 e. The van der Waals surface area contributed by atoms with E-state index >= 15 is 0 Å². The summed E-state index contributed by atoms with van der Waals surface area (Å²) in [5.41, 5.74) is -0.984. The van der Waals surface area contributed by atoms with Gasteiger partial charge in [0.25, 0.3) is 15.9 Å². The maximum absolute atomic E-state index is 12.4. The molecule has 1 aliphatic heterocycles. The molecule has 0 radical (unpaired) electrons. The third-order valence-electron chi connectivity index (χ3n) is 4.44. The Hall–Kier alpha value is -1.87. The third kappa shape index (κ3) is 2.98. The van der Waals surface area contributed by atoms with Crippen molar-refractivity contribution in [1.29, 1.82) is 0 Å². The fourth-order valence-corrected chi connectivity index (χ4v) is 3.38. The summed E-state index contributed by atoms with van der Waals surface area (Å²) in [6, 6.07) is 2.48. The first-order valence-corrected chi connectivity index (χ1v) is 8.68. The highest BCUT2D eigenvalue weighted by molar-refractivity contribution is 7.89. The monoisotopic (exact) mass is 344 g/mol. The van der Waals surface area contributed by atoms with Gasteiger partial charge in [-0.25, -0.2) is 13.1 Å². The Kier molecular flexibility index (Phi) is 4.54. The Morgan fingerprint density at radius 3 is 2.52 bits per heavy atom. The molecule has 0 aromatic carbocycles. The predicted octanol–water partition coefficient (Wildman–Crippen LogP) is 0.761. The molecule has 23 heavy (non-hydrogen) atoms. The highest BCUT2D eigenvalue weighted by atomic mass is 32.2. The third-order valence-corrected chi connectivity index (χ3v) is 5.73. The SMILES string of the molecule is CNS(=O)(=O)c1ccc(C(=O)N2CCC(C(=O)O)(C(C)C)C2)o1. The lowest BCUT2D eigenvalue weighted by Gasteiger charge is -2.28. The number of hydrogen-bond acceptors (Lipinski definition) is 5. The van der Waals surface area contributed by atoms with Crippen LogP contribution in [0.1, 0.15) is 30.8 Å². The maximum Gasteiger partial charge on any atom is 0.311 e. The number of hydrogen-bond donors (Lipinski definition) is 2. The van der Waals surface area contributed by atoms with Crippen molar-refractivity contribution in [2.24, 2.45) is 11.3 Å². The second-order valence-corrected chi connectivity index (χ2v) is 7.74. The Bertz CT molecular complexity index is 723. The normalized spacial score (nSPS) is 21.8. The standard InChI is InChI=1S/C14H20N2O6S/c1-9(2)14(13(18)19)6-7-16(8-14)12(17)10-4-5-11(22-10)23(20,21)15-3/h4-5,9,15H,6-8H2,1-3H3,(H,18,19). The van der Waals surface area contributed by atoms with Crippen LogP contribution in [-0.4, -0.2) is 50.4 Å². The van der Waals surface area contributed by atoms with Crippen LogP contribution in [0.3, 0.4) is 0 Å². The quantitative estimate of drug-likeness (QED) is 0.814. The number of furan rings is 1. The lowest BCUT2D eigenvalue weighted by molar-refractivity contribution is -0.150. The van der Waals surface area contributed by atoms with E-state index in [0.29, 0.717) is 6.42 Å². The van der Waals surface area contributed by atoms with Crippen molar-refractivity contribution in [3.63, 3.8) is 0 Å². The zero-order valence-electron chi connectivity index (χ0n) is 13.2. The molecule has 2 rings (SSSR count).